The van der Waals surface area contributed by atoms with Gasteiger partial charge in [-0.05, 0) is 25.7 Å². The number of carbonyl (C=O) groups excluding carboxylic acids is 2. The van der Waals surface area contributed by atoms with E-state index < -0.39 is 0 Å². The topological polar surface area (TPSA) is 55.4 Å². The molecule has 1 aliphatic carbocycles. The van der Waals surface area contributed by atoms with Gasteiger partial charge in [-0.1, -0.05) is 12.8 Å². The quantitative estimate of drug-likeness (QED) is 0.743. The Morgan fingerprint density at radius 1 is 1.31 bits per heavy atom. The van der Waals surface area contributed by atoms with Crippen LogP contribution in [0, 0.1) is 5.92 Å². The number of amides is 1. The standard InChI is InChI=1S/C12H21NO3/c1-3-16-12(15)8-10-6-4-5-7-11(10)13-9(2)14/h10-11H,3-8H2,1-2H3,(H,13,14)/t10-,11-/m0/s1. The van der Waals surface area contributed by atoms with Crippen LogP contribution in [-0.4, -0.2) is 24.5 Å². The van der Waals surface area contributed by atoms with Gasteiger partial charge in [0.1, 0.15) is 0 Å². The number of nitrogens with one attached hydrogen (secondary N) is 1. The summed E-state index contributed by atoms with van der Waals surface area (Å²) in [4.78, 5) is 22.4. The fraction of sp³-hybridized carbons (Fsp3) is 0.833. The van der Waals surface area contributed by atoms with E-state index in [2.05, 4.69) is 5.32 Å². The molecule has 0 heterocycles. The third-order valence-electron chi connectivity index (χ3n) is 3.03. The van der Waals surface area contributed by atoms with Crippen LogP contribution in [0.4, 0.5) is 0 Å². The summed E-state index contributed by atoms with van der Waals surface area (Å²) in [7, 11) is 0. The van der Waals surface area contributed by atoms with Crippen molar-refractivity contribution in [1.82, 2.24) is 5.32 Å². The second kappa shape index (κ2) is 6.51. The number of carbonyl (C=O) groups is 2. The van der Waals surface area contributed by atoms with Gasteiger partial charge in [-0.3, -0.25) is 9.59 Å². The Morgan fingerprint density at radius 2 is 2.00 bits per heavy atom. The van der Waals surface area contributed by atoms with Crippen molar-refractivity contribution in [1.29, 1.82) is 0 Å². The van der Waals surface area contributed by atoms with Crippen LogP contribution >= 0.6 is 0 Å². The van der Waals surface area contributed by atoms with Gasteiger partial charge in [0.15, 0.2) is 0 Å². The van der Waals surface area contributed by atoms with Crippen LogP contribution in [-0.2, 0) is 14.3 Å². The molecule has 1 N–H and O–H groups in total. The zero-order valence-corrected chi connectivity index (χ0v) is 10.1. The van der Waals surface area contributed by atoms with Crippen molar-refractivity contribution in [3.63, 3.8) is 0 Å². The Balaban J connectivity index is 2.46. The van der Waals surface area contributed by atoms with Crippen molar-refractivity contribution >= 4 is 11.9 Å². The fourth-order valence-electron chi connectivity index (χ4n) is 2.34. The third kappa shape index (κ3) is 4.21. The lowest BCUT2D eigenvalue weighted by Crippen LogP contribution is -2.42. The second-order valence-electron chi connectivity index (χ2n) is 4.36. The van der Waals surface area contributed by atoms with E-state index in [1.807, 2.05) is 6.92 Å². The zero-order valence-electron chi connectivity index (χ0n) is 10.1. The predicted molar refractivity (Wildman–Crippen MR) is 60.8 cm³/mol. The molecule has 0 bridgehead atoms. The highest BCUT2D eigenvalue weighted by molar-refractivity contribution is 5.73. The summed E-state index contributed by atoms with van der Waals surface area (Å²) >= 11 is 0. The highest BCUT2D eigenvalue weighted by Crippen LogP contribution is 2.27. The molecular formula is C12H21NO3. The summed E-state index contributed by atoms with van der Waals surface area (Å²) in [5, 5.41) is 2.93. The molecule has 1 aliphatic rings. The lowest BCUT2D eigenvalue weighted by Gasteiger charge is -2.31. The molecule has 4 heteroatoms. The molecule has 1 amide bonds. The molecule has 16 heavy (non-hydrogen) atoms. The van der Waals surface area contributed by atoms with Crippen LogP contribution in [0.2, 0.25) is 0 Å². The van der Waals surface area contributed by atoms with Gasteiger partial charge in [0.25, 0.3) is 0 Å². The van der Waals surface area contributed by atoms with Crippen molar-refractivity contribution in [2.24, 2.45) is 5.92 Å². The molecule has 0 saturated heterocycles. The van der Waals surface area contributed by atoms with E-state index in [-0.39, 0.29) is 23.8 Å². The van der Waals surface area contributed by atoms with Crippen molar-refractivity contribution in [2.45, 2.75) is 52.0 Å². The van der Waals surface area contributed by atoms with Crippen LogP contribution in [0.3, 0.4) is 0 Å². The first kappa shape index (κ1) is 13.0. The Morgan fingerprint density at radius 3 is 2.62 bits per heavy atom. The molecule has 0 aromatic heterocycles. The van der Waals surface area contributed by atoms with Gasteiger partial charge in [0.2, 0.25) is 5.91 Å². The highest BCUT2D eigenvalue weighted by atomic mass is 16.5. The van der Waals surface area contributed by atoms with E-state index in [4.69, 9.17) is 4.74 Å². The second-order valence-corrected chi connectivity index (χ2v) is 4.36. The first-order valence-corrected chi connectivity index (χ1v) is 6.06. The molecule has 92 valence electrons. The molecule has 0 unspecified atom stereocenters. The van der Waals surface area contributed by atoms with Crippen LogP contribution in [0.1, 0.15) is 46.0 Å². The number of esters is 1. The summed E-state index contributed by atoms with van der Waals surface area (Å²) in [5.41, 5.74) is 0. The zero-order chi connectivity index (χ0) is 12.0. The molecule has 1 saturated carbocycles. The SMILES string of the molecule is CCOC(=O)C[C@@H]1CCCC[C@@H]1NC(C)=O. The molecule has 0 radical (unpaired) electrons. The number of hydrogen-bond donors (Lipinski definition) is 1. The van der Waals surface area contributed by atoms with Crippen molar-refractivity contribution in [3.05, 3.63) is 0 Å². The monoisotopic (exact) mass is 227 g/mol. The molecule has 0 aromatic carbocycles. The van der Waals surface area contributed by atoms with Gasteiger partial charge in [-0.2, -0.15) is 0 Å². The molecule has 1 fully saturated rings. The summed E-state index contributed by atoms with van der Waals surface area (Å²) in [6.45, 7) is 3.76. The van der Waals surface area contributed by atoms with Crippen LogP contribution in [0.25, 0.3) is 0 Å². The summed E-state index contributed by atoms with van der Waals surface area (Å²) in [6.07, 6.45) is 4.68. The molecule has 0 spiro atoms. The molecule has 1 rings (SSSR count). The van der Waals surface area contributed by atoms with E-state index in [1.165, 1.54) is 6.92 Å². The fourth-order valence-corrected chi connectivity index (χ4v) is 2.34. The Labute approximate surface area is 96.7 Å². The maximum Gasteiger partial charge on any atom is 0.306 e. The molecule has 4 nitrogen and oxygen atoms in total. The van der Waals surface area contributed by atoms with Gasteiger partial charge in [0.05, 0.1) is 13.0 Å². The van der Waals surface area contributed by atoms with Crippen molar-refractivity contribution in [2.75, 3.05) is 6.61 Å². The van der Waals surface area contributed by atoms with Gasteiger partial charge in [-0.25, -0.2) is 0 Å². The lowest BCUT2D eigenvalue weighted by atomic mass is 9.82. The van der Waals surface area contributed by atoms with Crippen LogP contribution < -0.4 is 5.32 Å². The van der Waals surface area contributed by atoms with Gasteiger partial charge < -0.3 is 10.1 Å². The molecule has 0 aromatic rings. The Bertz CT molecular complexity index is 253. The van der Waals surface area contributed by atoms with E-state index >= 15 is 0 Å². The number of hydrogen-bond acceptors (Lipinski definition) is 3. The normalized spacial score (nSPS) is 24.9. The average Bonchev–Trinajstić information content (AvgIpc) is 2.20. The summed E-state index contributed by atoms with van der Waals surface area (Å²) < 4.78 is 4.95. The van der Waals surface area contributed by atoms with Crippen molar-refractivity contribution < 1.29 is 14.3 Å². The summed E-state index contributed by atoms with van der Waals surface area (Å²) in [6, 6.07) is 0.149. The lowest BCUT2D eigenvalue weighted by molar-refractivity contribution is -0.145. The molecule has 0 aliphatic heterocycles. The largest absolute Gasteiger partial charge is 0.466 e. The summed E-state index contributed by atoms with van der Waals surface area (Å²) in [5.74, 6) is 0.0854. The minimum atomic E-state index is -0.148. The first-order valence-electron chi connectivity index (χ1n) is 6.06. The van der Waals surface area contributed by atoms with Gasteiger partial charge in [0, 0.05) is 13.0 Å². The Kier molecular flexibility index (Phi) is 5.29. The minimum Gasteiger partial charge on any atom is -0.466 e. The van der Waals surface area contributed by atoms with E-state index in [0.29, 0.717) is 13.0 Å². The van der Waals surface area contributed by atoms with Crippen LogP contribution in [0.15, 0.2) is 0 Å². The molecular weight excluding hydrogens is 206 g/mol. The smallest absolute Gasteiger partial charge is 0.306 e. The third-order valence-corrected chi connectivity index (χ3v) is 3.03. The maximum absolute atomic E-state index is 11.4. The number of rotatable bonds is 4. The minimum absolute atomic E-state index is 0.0132. The van der Waals surface area contributed by atoms with Crippen LogP contribution in [0.5, 0.6) is 0 Å². The van der Waals surface area contributed by atoms with Gasteiger partial charge in [-0.15, -0.1) is 0 Å². The molecule has 2 atom stereocenters. The van der Waals surface area contributed by atoms with E-state index in [9.17, 15) is 9.59 Å². The average molecular weight is 227 g/mol. The highest BCUT2D eigenvalue weighted by Gasteiger charge is 2.27. The van der Waals surface area contributed by atoms with E-state index in [1.54, 1.807) is 0 Å². The first-order chi connectivity index (χ1) is 7.63. The maximum atomic E-state index is 11.4. The van der Waals surface area contributed by atoms with E-state index in [0.717, 1.165) is 25.7 Å². The van der Waals surface area contributed by atoms with Gasteiger partial charge >= 0.3 is 5.97 Å². The predicted octanol–water partition coefficient (Wildman–Crippen LogP) is 1.63. The number of ether oxygens (including phenoxy) is 1. The Hall–Kier alpha value is -1.06. The van der Waals surface area contributed by atoms with Crippen molar-refractivity contribution in [3.8, 4) is 0 Å².